The van der Waals surface area contributed by atoms with E-state index in [1.165, 1.54) is 18.9 Å². The Labute approximate surface area is 143 Å². The van der Waals surface area contributed by atoms with Gasteiger partial charge in [0, 0.05) is 0 Å². The van der Waals surface area contributed by atoms with Crippen LogP contribution in [-0.2, 0) is 12.0 Å². The Hall–Kier alpha value is -1.95. The van der Waals surface area contributed by atoms with Crippen LogP contribution in [0.5, 0.6) is 0 Å². The van der Waals surface area contributed by atoms with E-state index < -0.39 is 5.60 Å². The zero-order chi connectivity index (χ0) is 16.4. The van der Waals surface area contributed by atoms with E-state index in [-0.39, 0.29) is 15.9 Å². The van der Waals surface area contributed by atoms with E-state index >= 15 is 0 Å². The molecule has 1 atom stereocenters. The second-order valence-electron chi connectivity index (χ2n) is 5.06. The Balaban J connectivity index is 2.27. The summed E-state index contributed by atoms with van der Waals surface area (Å²) in [4.78, 5) is 14.8. The fourth-order valence-electron chi connectivity index (χ4n) is 2.51. The van der Waals surface area contributed by atoms with Crippen LogP contribution in [0, 0.1) is 0 Å². The van der Waals surface area contributed by atoms with Gasteiger partial charge in [0.25, 0.3) is 0 Å². The molecule has 5 nitrogen and oxygen atoms in total. The SMILES string of the molecule is CCc1ccc(C(O)(c2cnc[nH]2)c2c(Cl)ncnc2Cl)cc1. The van der Waals surface area contributed by atoms with Crippen molar-refractivity contribution in [2.24, 2.45) is 0 Å². The first kappa shape index (κ1) is 15.9. The number of hydrogen-bond acceptors (Lipinski definition) is 4. The van der Waals surface area contributed by atoms with Crippen molar-refractivity contribution in [1.29, 1.82) is 0 Å². The summed E-state index contributed by atoms with van der Waals surface area (Å²) in [6, 6.07) is 7.56. The molecule has 0 radical (unpaired) electrons. The molecule has 0 aliphatic heterocycles. The smallest absolute Gasteiger partial charge is 0.162 e. The van der Waals surface area contributed by atoms with Gasteiger partial charge in [-0.05, 0) is 17.5 Å². The average molecular weight is 349 g/mol. The third-order valence-electron chi connectivity index (χ3n) is 3.78. The van der Waals surface area contributed by atoms with Crippen LogP contribution in [0.1, 0.15) is 29.3 Å². The van der Waals surface area contributed by atoms with Gasteiger partial charge in [-0.3, -0.25) is 0 Å². The highest BCUT2D eigenvalue weighted by molar-refractivity contribution is 6.34. The first-order valence-electron chi connectivity index (χ1n) is 7.04. The summed E-state index contributed by atoms with van der Waals surface area (Å²) in [5.74, 6) is 0. The lowest BCUT2D eigenvalue weighted by molar-refractivity contribution is 0.120. The Bertz CT molecular complexity index is 785. The van der Waals surface area contributed by atoms with Gasteiger partial charge in [0.15, 0.2) is 5.60 Å². The highest BCUT2D eigenvalue weighted by Crippen LogP contribution is 2.41. The van der Waals surface area contributed by atoms with E-state index in [4.69, 9.17) is 23.2 Å². The normalized spacial score (nSPS) is 13.7. The molecular weight excluding hydrogens is 335 g/mol. The maximum absolute atomic E-state index is 11.5. The summed E-state index contributed by atoms with van der Waals surface area (Å²) < 4.78 is 0. The van der Waals surface area contributed by atoms with E-state index in [0.717, 1.165) is 12.0 Å². The van der Waals surface area contributed by atoms with Crippen molar-refractivity contribution in [1.82, 2.24) is 19.9 Å². The van der Waals surface area contributed by atoms with Gasteiger partial charge in [-0.15, -0.1) is 0 Å². The summed E-state index contributed by atoms with van der Waals surface area (Å²) in [5.41, 5.74) is 0.773. The van der Waals surface area contributed by atoms with Crippen LogP contribution in [0.25, 0.3) is 0 Å². The molecule has 2 aromatic heterocycles. The number of rotatable bonds is 4. The number of benzene rings is 1. The van der Waals surface area contributed by atoms with E-state index in [0.29, 0.717) is 11.3 Å². The number of halogens is 2. The molecule has 0 aliphatic carbocycles. The van der Waals surface area contributed by atoms with Crippen molar-refractivity contribution in [3.05, 3.63) is 75.8 Å². The quantitative estimate of drug-likeness (QED) is 0.709. The fourth-order valence-corrected chi connectivity index (χ4v) is 3.10. The van der Waals surface area contributed by atoms with Crippen molar-refractivity contribution in [2.75, 3.05) is 0 Å². The lowest BCUT2D eigenvalue weighted by Crippen LogP contribution is -2.31. The van der Waals surface area contributed by atoms with Gasteiger partial charge in [-0.25, -0.2) is 15.0 Å². The number of aliphatic hydroxyl groups is 1. The van der Waals surface area contributed by atoms with Gasteiger partial charge >= 0.3 is 0 Å². The molecule has 1 aromatic carbocycles. The molecule has 7 heteroatoms. The Morgan fingerprint density at radius 2 is 1.78 bits per heavy atom. The molecule has 2 heterocycles. The number of nitrogens with zero attached hydrogens (tertiary/aromatic N) is 3. The molecule has 1 unspecified atom stereocenters. The second-order valence-corrected chi connectivity index (χ2v) is 5.77. The van der Waals surface area contributed by atoms with Gasteiger partial charge in [-0.1, -0.05) is 54.4 Å². The number of aromatic nitrogens is 4. The van der Waals surface area contributed by atoms with Crippen LogP contribution in [0.2, 0.25) is 10.3 Å². The van der Waals surface area contributed by atoms with Gasteiger partial charge in [0.05, 0.1) is 23.8 Å². The Morgan fingerprint density at radius 3 is 2.30 bits per heavy atom. The molecule has 3 rings (SSSR count). The molecule has 0 saturated carbocycles. The van der Waals surface area contributed by atoms with Crippen LogP contribution in [-0.4, -0.2) is 25.0 Å². The van der Waals surface area contributed by atoms with Crippen molar-refractivity contribution >= 4 is 23.2 Å². The molecule has 0 spiro atoms. The third kappa shape index (κ3) is 2.72. The Morgan fingerprint density at radius 1 is 1.13 bits per heavy atom. The fraction of sp³-hybridized carbons (Fsp3) is 0.188. The van der Waals surface area contributed by atoms with Gasteiger partial charge < -0.3 is 10.1 Å². The molecule has 0 saturated heterocycles. The zero-order valence-corrected chi connectivity index (χ0v) is 13.8. The summed E-state index contributed by atoms with van der Waals surface area (Å²) in [6.45, 7) is 2.06. The first-order valence-corrected chi connectivity index (χ1v) is 7.80. The van der Waals surface area contributed by atoms with E-state index in [1.807, 2.05) is 24.3 Å². The lowest BCUT2D eigenvalue weighted by atomic mass is 9.84. The number of aromatic amines is 1. The van der Waals surface area contributed by atoms with Crippen LogP contribution in [0.3, 0.4) is 0 Å². The summed E-state index contributed by atoms with van der Waals surface area (Å²) >= 11 is 12.4. The standard InChI is InChI=1S/C16H14Cl2N4O/c1-2-10-3-5-11(6-4-10)16(23,12-7-19-8-20-12)13-14(17)21-9-22-15(13)18/h3-9,23H,2H2,1H3,(H,19,20). The molecule has 0 fully saturated rings. The predicted octanol–water partition coefficient (Wildman–Crippen LogP) is 3.35. The van der Waals surface area contributed by atoms with Crippen LogP contribution < -0.4 is 0 Å². The highest BCUT2D eigenvalue weighted by atomic mass is 35.5. The zero-order valence-electron chi connectivity index (χ0n) is 12.3. The topological polar surface area (TPSA) is 74.7 Å². The summed E-state index contributed by atoms with van der Waals surface area (Å²) in [5, 5.41) is 11.7. The predicted molar refractivity (Wildman–Crippen MR) is 88.6 cm³/mol. The van der Waals surface area contributed by atoms with Crippen molar-refractivity contribution in [3.63, 3.8) is 0 Å². The highest BCUT2D eigenvalue weighted by Gasteiger charge is 2.40. The summed E-state index contributed by atoms with van der Waals surface area (Å²) in [6.07, 6.45) is 5.15. The minimum Gasteiger partial charge on any atom is -0.374 e. The van der Waals surface area contributed by atoms with Gasteiger partial charge in [0.2, 0.25) is 0 Å². The monoisotopic (exact) mass is 348 g/mol. The van der Waals surface area contributed by atoms with E-state index in [1.54, 1.807) is 0 Å². The minimum absolute atomic E-state index is 0.0849. The third-order valence-corrected chi connectivity index (χ3v) is 4.36. The number of nitrogens with one attached hydrogen (secondary N) is 1. The van der Waals surface area contributed by atoms with Crippen molar-refractivity contribution < 1.29 is 5.11 Å². The number of aryl methyl sites for hydroxylation is 1. The van der Waals surface area contributed by atoms with Crippen LogP contribution >= 0.6 is 23.2 Å². The number of imidazole rings is 1. The van der Waals surface area contributed by atoms with Gasteiger partial charge in [0.1, 0.15) is 16.6 Å². The first-order chi connectivity index (χ1) is 11.1. The van der Waals surface area contributed by atoms with E-state index in [2.05, 4.69) is 26.9 Å². The van der Waals surface area contributed by atoms with Crippen LogP contribution in [0.4, 0.5) is 0 Å². The maximum atomic E-state index is 11.5. The molecule has 0 aliphatic rings. The van der Waals surface area contributed by atoms with E-state index in [9.17, 15) is 5.11 Å². The second kappa shape index (κ2) is 6.28. The molecule has 23 heavy (non-hydrogen) atoms. The van der Waals surface area contributed by atoms with Crippen molar-refractivity contribution in [2.45, 2.75) is 18.9 Å². The molecular formula is C16H14Cl2N4O. The van der Waals surface area contributed by atoms with Gasteiger partial charge in [-0.2, -0.15) is 0 Å². The minimum atomic E-state index is -1.63. The average Bonchev–Trinajstić information content (AvgIpc) is 3.09. The number of hydrogen-bond donors (Lipinski definition) is 2. The molecule has 118 valence electrons. The largest absolute Gasteiger partial charge is 0.374 e. The maximum Gasteiger partial charge on any atom is 0.162 e. The molecule has 2 N–H and O–H groups in total. The molecule has 0 bridgehead atoms. The molecule has 3 aromatic rings. The number of H-pyrrole nitrogens is 1. The lowest BCUT2D eigenvalue weighted by Gasteiger charge is -2.29. The van der Waals surface area contributed by atoms with Crippen LogP contribution in [0.15, 0.2) is 43.1 Å². The Kier molecular flexibility index (Phi) is 4.35. The summed E-state index contributed by atoms with van der Waals surface area (Å²) in [7, 11) is 0. The molecule has 0 amide bonds. The van der Waals surface area contributed by atoms with Crippen molar-refractivity contribution in [3.8, 4) is 0 Å².